The van der Waals surface area contributed by atoms with Crippen molar-refractivity contribution < 1.29 is 31.2 Å². The lowest BCUT2D eigenvalue weighted by molar-refractivity contribution is -0.180. The second kappa shape index (κ2) is 8.97. The molecule has 1 spiro atoms. The average Bonchev–Trinajstić information content (AvgIpc) is 3.47. The zero-order chi connectivity index (χ0) is 27.7. The van der Waals surface area contributed by atoms with Crippen molar-refractivity contribution in [1.82, 2.24) is 15.1 Å². The Morgan fingerprint density at radius 1 is 1.26 bits per heavy atom. The number of nitrogens with one attached hydrogen (secondary N) is 2. The van der Waals surface area contributed by atoms with E-state index in [9.17, 15) is 31.2 Å². The number of nitrogens with zero attached hydrogens (tertiary/aromatic N) is 3. The van der Waals surface area contributed by atoms with Crippen LogP contribution in [0, 0.1) is 11.8 Å². The molecule has 0 radical (unpaired) electrons. The summed E-state index contributed by atoms with van der Waals surface area (Å²) in [5.41, 5.74) is 2.74. The summed E-state index contributed by atoms with van der Waals surface area (Å²) in [6.45, 7) is 0.389. The van der Waals surface area contributed by atoms with Crippen LogP contribution in [-0.4, -0.2) is 61.3 Å². The molecule has 4 aliphatic rings. The number of hydrogen-bond donors (Lipinski definition) is 2. The standard InChI is InChI=1S/C26H30F3N5O4S/c1-39(37,38)14-21(35)30-23-22-20(32-34(23)9-7-15-2-3-15)11-25(31-24(22)36)8-6-16-10-18(4-5-19(16)25)33-12-17(13-33)26(27,28)29/h4-5,10,15,17H,2-3,6-9,11-14H2,1H3,(H,30,35)(H,31,36)/t25-/m0/s1. The van der Waals surface area contributed by atoms with Gasteiger partial charge in [-0.3, -0.25) is 9.59 Å². The summed E-state index contributed by atoms with van der Waals surface area (Å²) in [5.74, 6) is -2.32. The molecule has 2 fully saturated rings. The van der Waals surface area contributed by atoms with Crippen LogP contribution in [0.3, 0.4) is 0 Å². The highest BCUT2D eigenvalue weighted by Gasteiger charge is 2.49. The van der Waals surface area contributed by atoms with Crippen LogP contribution < -0.4 is 15.5 Å². The zero-order valence-electron chi connectivity index (χ0n) is 21.5. The lowest BCUT2D eigenvalue weighted by Crippen LogP contribution is -2.53. The first kappa shape index (κ1) is 26.1. The number of aromatic nitrogens is 2. The van der Waals surface area contributed by atoms with Gasteiger partial charge in [0, 0.05) is 38.0 Å². The van der Waals surface area contributed by atoms with E-state index in [0.29, 0.717) is 37.4 Å². The first-order chi connectivity index (χ1) is 18.3. The molecule has 210 valence electrons. The minimum Gasteiger partial charge on any atom is -0.370 e. The molecule has 1 saturated carbocycles. The summed E-state index contributed by atoms with van der Waals surface area (Å²) in [6, 6.07) is 5.62. The number of halogens is 3. The van der Waals surface area contributed by atoms with Gasteiger partial charge in [0.25, 0.3) is 5.91 Å². The minimum atomic E-state index is -4.19. The quantitative estimate of drug-likeness (QED) is 0.534. The van der Waals surface area contributed by atoms with E-state index in [1.54, 1.807) is 9.58 Å². The van der Waals surface area contributed by atoms with Crippen LogP contribution in [0.2, 0.25) is 0 Å². The zero-order valence-corrected chi connectivity index (χ0v) is 22.3. The fourth-order valence-corrected chi connectivity index (χ4v) is 6.58. The van der Waals surface area contributed by atoms with Crippen molar-refractivity contribution in [2.75, 3.05) is 35.3 Å². The van der Waals surface area contributed by atoms with Gasteiger partial charge in [0.15, 0.2) is 9.84 Å². The maximum atomic E-state index is 13.5. The number of carbonyl (C=O) groups is 2. The number of sulfone groups is 1. The van der Waals surface area contributed by atoms with Gasteiger partial charge in [-0.05, 0) is 48.4 Å². The molecule has 2 amide bonds. The third-order valence-electron chi connectivity index (χ3n) is 8.31. The second-order valence-electron chi connectivity index (χ2n) is 11.4. The number of alkyl halides is 3. The molecule has 1 aromatic heterocycles. The average molecular weight is 566 g/mol. The van der Waals surface area contributed by atoms with Crippen molar-refractivity contribution in [3.63, 3.8) is 0 Å². The third kappa shape index (κ3) is 5.01. The molecule has 2 aliphatic carbocycles. The van der Waals surface area contributed by atoms with Gasteiger partial charge in [-0.25, -0.2) is 13.1 Å². The molecule has 0 bridgehead atoms. The molecular formula is C26H30F3N5O4S. The van der Waals surface area contributed by atoms with E-state index in [0.717, 1.165) is 42.3 Å². The van der Waals surface area contributed by atoms with Gasteiger partial charge >= 0.3 is 6.18 Å². The van der Waals surface area contributed by atoms with E-state index >= 15 is 0 Å². The molecule has 1 atom stereocenters. The predicted molar refractivity (Wildman–Crippen MR) is 137 cm³/mol. The number of benzene rings is 1. The highest BCUT2D eigenvalue weighted by atomic mass is 32.2. The Morgan fingerprint density at radius 3 is 2.67 bits per heavy atom. The Bertz CT molecular complexity index is 1460. The van der Waals surface area contributed by atoms with Gasteiger partial charge in [-0.1, -0.05) is 18.9 Å². The van der Waals surface area contributed by atoms with Crippen LogP contribution in [0.1, 0.15) is 52.9 Å². The number of fused-ring (bicyclic) bond motifs is 3. The molecule has 0 unspecified atom stereocenters. The molecule has 6 rings (SSSR count). The molecule has 2 N–H and O–H groups in total. The van der Waals surface area contributed by atoms with Crippen molar-refractivity contribution >= 4 is 33.2 Å². The van der Waals surface area contributed by atoms with Crippen molar-refractivity contribution in [3.8, 4) is 0 Å². The second-order valence-corrected chi connectivity index (χ2v) is 13.6. The van der Waals surface area contributed by atoms with Crippen LogP contribution in [0.15, 0.2) is 18.2 Å². The molecule has 9 nitrogen and oxygen atoms in total. The number of carbonyl (C=O) groups excluding carboxylic acids is 2. The fourth-order valence-electron chi connectivity index (χ4n) is 6.03. The van der Waals surface area contributed by atoms with Crippen LogP contribution in [0.25, 0.3) is 0 Å². The molecule has 2 aliphatic heterocycles. The van der Waals surface area contributed by atoms with Gasteiger partial charge in [0.05, 0.1) is 17.2 Å². The molecule has 39 heavy (non-hydrogen) atoms. The summed E-state index contributed by atoms with van der Waals surface area (Å²) in [4.78, 5) is 27.7. The molecule has 3 heterocycles. The Morgan fingerprint density at radius 2 is 2.00 bits per heavy atom. The van der Waals surface area contributed by atoms with Gasteiger partial charge < -0.3 is 15.5 Å². The Hall–Kier alpha value is -3.09. The first-order valence-electron chi connectivity index (χ1n) is 13.2. The topological polar surface area (TPSA) is 113 Å². The lowest BCUT2D eigenvalue weighted by Gasteiger charge is -2.42. The van der Waals surface area contributed by atoms with E-state index in [1.807, 2.05) is 18.2 Å². The minimum absolute atomic E-state index is 0.0559. The summed E-state index contributed by atoms with van der Waals surface area (Å²) < 4.78 is 63.8. The van der Waals surface area contributed by atoms with Crippen LogP contribution >= 0.6 is 0 Å². The van der Waals surface area contributed by atoms with Gasteiger partial charge in [-0.2, -0.15) is 18.3 Å². The normalized spacial score (nSPS) is 22.9. The van der Waals surface area contributed by atoms with Gasteiger partial charge in [0.1, 0.15) is 17.1 Å². The van der Waals surface area contributed by atoms with E-state index in [4.69, 9.17) is 5.10 Å². The maximum Gasteiger partial charge on any atom is 0.395 e. The van der Waals surface area contributed by atoms with E-state index in [2.05, 4.69) is 10.6 Å². The molecule has 1 aromatic carbocycles. The highest BCUT2D eigenvalue weighted by Crippen LogP contribution is 2.45. The van der Waals surface area contributed by atoms with E-state index < -0.39 is 45.0 Å². The number of hydrogen-bond acceptors (Lipinski definition) is 6. The summed E-state index contributed by atoms with van der Waals surface area (Å²) >= 11 is 0. The van der Waals surface area contributed by atoms with E-state index in [1.165, 1.54) is 0 Å². The molecule has 2 aromatic rings. The Kier molecular flexibility index (Phi) is 6.01. The SMILES string of the molecule is CS(=O)(=O)CC(=O)Nc1c2c(nn1CCC1CC1)C[C@]1(CCc3cc(N4CC(C(F)(F)F)C4)ccc31)NC2=O. The van der Waals surface area contributed by atoms with Crippen molar-refractivity contribution in [2.45, 2.75) is 56.8 Å². The summed E-state index contributed by atoms with van der Waals surface area (Å²) in [6.07, 6.45) is 1.57. The van der Waals surface area contributed by atoms with Crippen molar-refractivity contribution in [1.29, 1.82) is 0 Å². The molecule has 13 heteroatoms. The summed E-state index contributed by atoms with van der Waals surface area (Å²) in [5, 5.41) is 10.5. The van der Waals surface area contributed by atoms with Crippen molar-refractivity contribution in [2.24, 2.45) is 11.8 Å². The first-order valence-corrected chi connectivity index (χ1v) is 15.2. The van der Waals surface area contributed by atoms with Crippen molar-refractivity contribution in [3.05, 3.63) is 40.6 Å². The third-order valence-corrected chi connectivity index (χ3v) is 9.09. The fraction of sp³-hybridized carbons (Fsp3) is 0.577. The van der Waals surface area contributed by atoms with E-state index in [-0.39, 0.29) is 24.5 Å². The number of aryl methyl sites for hydroxylation is 2. The number of anilines is 2. The smallest absolute Gasteiger partial charge is 0.370 e. The molecular weight excluding hydrogens is 535 g/mol. The van der Waals surface area contributed by atoms with Crippen LogP contribution in [0.5, 0.6) is 0 Å². The molecule has 1 saturated heterocycles. The summed E-state index contributed by atoms with van der Waals surface area (Å²) in [7, 11) is -3.56. The van der Waals surface area contributed by atoms with Gasteiger partial charge in [-0.15, -0.1) is 0 Å². The Balaban J connectivity index is 1.27. The largest absolute Gasteiger partial charge is 0.395 e. The monoisotopic (exact) mass is 565 g/mol. The van der Waals surface area contributed by atoms with Crippen LogP contribution in [0.4, 0.5) is 24.7 Å². The predicted octanol–water partition coefficient (Wildman–Crippen LogP) is 2.79. The number of rotatable bonds is 7. The van der Waals surface area contributed by atoms with Crippen LogP contribution in [-0.2, 0) is 39.6 Å². The number of amides is 2. The Labute approximate surface area is 224 Å². The highest BCUT2D eigenvalue weighted by molar-refractivity contribution is 7.91. The lowest BCUT2D eigenvalue weighted by atomic mass is 9.82. The van der Waals surface area contributed by atoms with Gasteiger partial charge in [0.2, 0.25) is 5.91 Å². The maximum absolute atomic E-state index is 13.5.